The molecule has 25 heavy (non-hydrogen) atoms. The fraction of sp³-hybridized carbons (Fsp3) is 0.529. The summed E-state index contributed by atoms with van der Waals surface area (Å²) >= 11 is 0. The van der Waals surface area contributed by atoms with E-state index in [1.807, 2.05) is 0 Å². The molecule has 0 saturated carbocycles. The number of rotatable bonds is 8. The van der Waals surface area contributed by atoms with Crippen LogP contribution in [0.4, 0.5) is 0 Å². The lowest BCUT2D eigenvalue weighted by Crippen LogP contribution is -2.46. The summed E-state index contributed by atoms with van der Waals surface area (Å²) in [5.41, 5.74) is 1.13. The van der Waals surface area contributed by atoms with Crippen molar-refractivity contribution in [3.8, 4) is 0 Å². The van der Waals surface area contributed by atoms with E-state index in [0.29, 0.717) is 38.8 Å². The Balaban J connectivity index is 1.88. The van der Waals surface area contributed by atoms with Crippen LogP contribution in [0.2, 0.25) is 0 Å². The Morgan fingerprint density at radius 2 is 1.96 bits per heavy atom. The van der Waals surface area contributed by atoms with Crippen molar-refractivity contribution in [3.05, 3.63) is 35.4 Å². The van der Waals surface area contributed by atoms with Gasteiger partial charge in [0.05, 0.1) is 11.3 Å². The highest BCUT2D eigenvalue weighted by molar-refractivity contribution is 7.89. The highest BCUT2D eigenvalue weighted by Gasteiger charge is 2.37. The molecule has 0 aromatic heterocycles. The predicted octanol–water partition coefficient (Wildman–Crippen LogP) is 1.25. The molecule has 1 unspecified atom stereocenters. The molecule has 1 aromatic carbocycles. The van der Waals surface area contributed by atoms with Gasteiger partial charge in [-0.15, -0.1) is 0 Å². The number of carbonyl (C=O) groups is 2. The number of nitrogens with zero attached hydrogens (tertiary/aromatic N) is 1. The minimum absolute atomic E-state index is 0.0622. The van der Waals surface area contributed by atoms with Crippen molar-refractivity contribution in [2.75, 3.05) is 18.8 Å². The Hall–Kier alpha value is -1.93. The molecule has 0 radical (unpaired) electrons. The summed E-state index contributed by atoms with van der Waals surface area (Å²) in [7, 11) is -3.38. The molecule has 1 saturated heterocycles. The molecule has 0 bridgehead atoms. The molecule has 1 aliphatic rings. The smallest absolute Gasteiger partial charge is 0.335 e. The van der Waals surface area contributed by atoms with Crippen LogP contribution in [0.3, 0.4) is 0 Å². The fourth-order valence-electron chi connectivity index (χ4n) is 2.97. The van der Waals surface area contributed by atoms with Crippen molar-refractivity contribution >= 4 is 21.9 Å². The highest BCUT2D eigenvalue weighted by Crippen LogP contribution is 2.22. The first kappa shape index (κ1) is 19.4. The first-order chi connectivity index (χ1) is 11.8. The minimum Gasteiger partial charge on any atom is -0.478 e. The molecule has 1 heterocycles. The summed E-state index contributed by atoms with van der Waals surface area (Å²) in [5, 5.41) is 11.7. The Morgan fingerprint density at radius 3 is 2.56 bits per heavy atom. The molecular weight excluding hydrogens is 344 g/mol. The first-order valence-electron chi connectivity index (χ1n) is 8.44. The van der Waals surface area contributed by atoms with Gasteiger partial charge < -0.3 is 10.4 Å². The number of benzene rings is 1. The van der Waals surface area contributed by atoms with Crippen molar-refractivity contribution in [1.29, 1.82) is 0 Å². The van der Waals surface area contributed by atoms with Crippen LogP contribution in [-0.2, 0) is 21.2 Å². The molecule has 2 N–H and O–H groups in total. The quantitative estimate of drug-likeness (QED) is 0.719. The number of carboxylic acid groups (broad SMARTS) is 1. The van der Waals surface area contributed by atoms with Gasteiger partial charge in [0.1, 0.15) is 6.04 Å². The van der Waals surface area contributed by atoms with Gasteiger partial charge in [-0.2, -0.15) is 4.31 Å². The molecule has 1 aromatic rings. The van der Waals surface area contributed by atoms with Gasteiger partial charge in [0.2, 0.25) is 15.9 Å². The second-order valence-electron chi connectivity index (χ2n) is 6.13. The molecule has 1 fully saturated rings. The number of amides is 1. The lowest BCUT2D eigenvalue weighted by atomic mass is 10.1. The third-order valence-corrected chi connectivity index (χ3v) is 6.32. The average Bonchev–Trinajstić information content (AvgIpc) is 3.06. The van der Waals surface area contributed by atoms with E-state index in [9.17, 15) is 18.0 Å². The van der Waals surface area contributed by atoms with E-state index >= 15 is 0 Å². The summed E-state index contributed by atoms with van der Waals surface area (Å²) in [4.78, 5) is 23.2. The summed E-state index contributed by atoms with van der Waals surface area (Å²) in [6.07, 6.45) is 2.32. The first-order valence-corrected chi connectivity index (χ1v) is 10.1. The third kappa shape index (κ3) is 5.02. The van der Waals surface area contributed by atoms with E-state index in [2.05, 4.69) is 5.32 Å². The molecular formula is C17H24N2O5S. The lowest BCUT2D eigenvalue weighted by molar-refractivity contribution is -0.124. The van der Waals surface area contributed by atoms with E-state index in [-0.39, 0.29) is 17.2 Å². The van der Waals surface area contributed by atoms with Gasteiger partial charge in [-0.3, -0.25) is 4.79 Å². The van der Waals surface area contributed by atoms with E-state index in [1.165, 1.54) is 16.4 Å². The molecule has 1 aliphatic heterocycles. The Labute approximate surface area is 148 Å². The maximum atomic E-state index is 12.3. The van der Waals surface area contributed by atoms with E-state index in [1.54, 1.807) is 19.1 Å². The minimum atomic E-state index is -3.38. The SMILES string of the molecule is CCCS(=O)(=O)N1CCCC1C(=O)NCCc1ccc(C(=O)O)cc1. The highest BCUT2D eigenvalue weighted by atomic mass is 32.2. The van der Waals surface area contributed by atoms with Crippen LogP contribution >= 0.6 is 0 Å². The van der Waals surface area contributed by atoms with Gasteiger partial charge in [-0.1, -0.05) is 19.1 Å². The summed E-state index contributed by atoms with van der Waals surface area (Å²) < 4.78 is 25.8. The topological polar surface area (TPSA) is 104 Å². The monoisotopic (exact) mass is 368 g/mol. The zero-order valence-corrected chi connectivity index (χ0v) is 15.1. The Bertz CT molecular complexity index is 715. The van der Waals surface area contributed by atoms with Crippen LogP contribution in [0.25, 0.3) is 0 Å². The maximum Gasteiger partial charge on any atom is 0.335 e. The van der Waals surface area contributed by atoms with Gasteiger partial charge >= 0.3 is 5.97 Å². The molecule has 1 amide bonds. The normalized spacial score (nSPS) is 18.2. The zero-order valence-electron chi connectivity index (χ0n) is 14.3. The van der Waals surface area contributed by atoms with Gasteiger partial charge in [0.15, 0.2) is 0 Å². The second-order valence-corrected chi connectivity index (χ2v) is 8.17. The van der Waals surface area contributed by atoms with E-state index < -0.39 is 22.0 Å². The van der Waals surface area contributed by atoms with Crippen molar-refractivity contribution in [3.63, 3.8) is 0 Å². The Morgan fingerprint density at radius 1 is 1.28 bits per heavy atom. The molecule has 0 spiro atoms. The predicted molar refractivity (Wildman–Crippen MR) is 93.9 cm³/mol. The van der Waals surface area contributed by atoms with Gasteiger partial charge in [0, 0.05) is 13.1 Å². The number of hydrogen-bond acceptors (Lipinski definition) is 4. The lowest BCUT2D eigenvalue weighted by Gasteiger charge is -2.23. The van der Waals surface area contributed by atoms with Gasteiger partial charge in [-0.05, 0) is 43.4 Å². The molecule has 0 aliphatic carbocycles. The number of aromatic carboxylic acids is 1. The van der Waals surface area contributed by atoms with E-state index in [4.69, 9.17) is 5.11 Å². The molecule has 2 rings (SSSR count). The van der Waals surface area contributed by atoms with Crippen molar-refractivity contribution in [2.45, 2.75) is 38.6 Å². The van der Waals surface area contributed by atoms with Crippen LogP contribution in [0.15, 0.2) is 24.3 Å². The second kappa shape index (κ2) is 8.44. The largest absolute Gasteiger partial charge is 0.478 e. The molecule has 1 atom stereocenters. The number of sulfonamides is 1. The zero-order chi connectivity index (χ0) is 18.4. The summed E-state index contributed by atoms with van der Waals surface area (Å²) in [6, 6.07) is 5.85. The maximum absolute atomic E-state index is 12.3. The molecule has 138 valence electrons. The van der Waals surface area contributed by atoms with Crippen molar-refractivity contribution < 1.29 is 23.1 Å². The van der Waals surface area contributed by atoms with Crippen LogP contribution < -0.4 is 5.32 Å². The number of carbonyl (C=O) groups excluding carboxylic acids is 1. The number of nitrogens with one attached hydrogen (secondary N) is 1. The van der Waals surface area contributed by atoms with E-state index in [0.717, 1.165) is 5.56 Å². The van der Waals surface area contributed by atoms with Crippen LogP contribution in [0.5, 0.6) is 0 Å². The molecule has 7 nitrogen and oxygen atoms in total. The van der Waals surface area contributed by atoms with Crippen molar-refractivity contribution in [1.82, 2.24) is 9.62 Å². The average molecular weight is 368 g/mol. The standard InChI is InChI=1S/C17H24N2O5S/c1-2-12-25(23,24)19-11-3-4-15(19)16(20)18-10-9-13-5-7-14(8-6-13)17(21)22/h5-8,15H,2-4,9-12H2,1H3,(H,18,20)(H,21,22). The van der Waals surface area contributed by atoms with Crippen LogP contribution in [0.1, 0.15) is 42.1 Å². The third-order valence-electron chi connectivity index (χ3n) is 4.24. The summed E-state index contributed by atoms with van der Waals surface area (Å²) in [6.45, 7) is 2.58. The Kier molecular flexibility index (Phi) is 6.55. The summed E-state index contributed by atoms with van der Waals surface area (Å²) in [5.74, 6) is -1.18. The van der Waals surface area contributed by atoms with Crippen molar-refractivity contribution in [2.24, 2.45) is 0 Å². The number of carboxylic acids is 1. The van der Waals surface area contributed by atoms with Gasteiger partial charge in [0.25, 0.3) is 0 Å². The van der Waals surface area contributed by atoms with Crippen LogP contribution in [-0.4, -0.2) is 54.6 Å². The molecule has 8 heteroatoms. The number of hydrogen-bond donors (Lipinski definition) is 2. The van der Waals surface area contributed by atoms with Gasteiger partial charge in [-0.25, -0.2) is 13.2 Å². The van der Waals surface area contributed by atoms with Crippen LogP contribution in [0, 0.1) is 0 Å². The fourth-order valence-corrected chi connectivity index (χ4v) is 4.72.